The van der Waals surface area contributed by atoms with Gasteiger partial charge in [-0.1, -0.05) is 6.07 Å². The van der Waals surface area contributed by atoms with E-state index >= 15 is 0 Å². The summed E-state index contributed by atoms with van der Waals surface area (Å²) < 4.78 is 32.7. The summed E-state index contributed by atoms with van der Waals surface area (Å²) in [4.78, 5) is 8.26. The van der Waals surface area contributed by atoms with Gasteiger partial charge < -0.3 is 4.74 Å². The first-order valence-corrected chi connectivity index (χ1v) is 10.5. The summed E-state index contributed by atoms with van der Waals surface area (Å²) in [7, 11) is -3.43. The number of hydrogen-bond donors (Lipinski definition) is 0. The topological polar surface area (TPSA) is 72.4 Å². The molecule has 0 unspecified atom stereocenters. The first-order chi connectivity index (χ1) is 12.1. The molecule has 2 fully saturated rings. The van der Waals surface area contributed by atoms with E-state index in [1.54, 1.807) is 28.8 Å². The van der Waals surface area contributed by atoms with Crippen molar-refractivity contribution in [2.24, 2.45) is 0 Å². The Balaban J connectivity index is 1.33. The zero-order valence-corrected chi connectivity index (χ0v) is 15.2. The molecule has 2 aromatic rings. The van der Waals surface area contributed by atoms with E-state index in [0.29, 0.717) is 19.7 Å². The molecule has 2 aliphatic rings. The maximum Gasteiger partial charge on any atom is 0.244 e. The van der Waals surface area contributed by atoms with E-state index in [-0.39, 0.29) is 15.7 Å². The maximum atomic E-state index is 12.6. The molecule has 132 valence electrons. The molecule has 25 heavy (non-hydrogen) atoms. The van der Waals surface area contributed by atoms with Gasteiger partial charge >= 0.3 is 0 Å². The van der Waals surface area contributed by atoms with E-state index in [1.165, 1.54) is 6.20 Å². The highest BCUT2D eigenvalue weighted by Gasteiger charge is 2.53. The molecule has 0 amide bonds. The molecule has 0 saturated carbocycles. The van der Waals surface area contributed by atoms with Crippen molar-refractivity contribution in [3.8, 4) is 0 Å². The Kier molecular flexibility index (Phi) is 4.53. The molecule has 2 aromatic heterocycles. The largest absolute Gasteiger partial charge is 0.373 e. The summed E-state index contributed by atoms with van der Waals surface area (Å²) in [6.07, 6.45) is 7.58. The number of rotatable bonds is 5. The number of sulfonamides is 1. The van der Waals surface area contributed by atoms with Gasteiger partial charge in [-0.05, 0) is 30.2 Å². The number of ether oxygens (including phenoxy) is 1. The van der Waals surface area contributed by atoms with Crippen molar-refractivity contribution < 1.29 is 13.2 Å². The third kappa shape index (κ3) is 3.44. The van der Waals surface area contributed by atoms with E-state index in [1.807, 2.05) is 30.1 Å². The number of nitrogens with zero attached hydrogens (tertiary/aromatic N) is 3. The van der Waals surface area contributed by atoms with Crippen LogP contribution in [0.15, 0.2) is 53.9 Å². The number of pyridine rings is 2. The van der Waals surface area contributed by atoms with Crippen molar-refractivity contribution in [1.82, 2.24) is 14.3 Å². The average molecular weight is 377 g/mol. The van der Waals surface area contributed by atoms with E-state index in [0.717, 1.165) is 17.7 Å². The zero-order valence-electron chi connectivity index (χ0n) is 13.6. The van der Waals surface area contributed by atoms with E-state index in [4.69, 9.17) is 4.74 Å². The molecule has 0 aromatic carbocycles. The van der Waals surface area contributed by atoms with Crippen LogP contribution < -0.4 is 0 Å². The van der Waals surface area contributed by atoms with Gasteiger partial charge in [0.1, 0.15) is 4.90 Å². The van der Waals surface area contributed by atoms with Gasteiger partial charge in [0.15, 0.2) is 0 Å². The first-order valence-electron chi connectivity index (χ1n) is 8.12. The van der Waals surface area contributed by atoms with Crippen LogP contribution in [0.4, 0.5) is 0 Å². The third-order valence-electron chi connectivity index (χ3n) is 4.58. The number of aromatic nitrogens is 2. The Hall–Kier alpha value is -1.48. The van der Waals surface area contributed by atoms with Crippen LogP contribution in [-0.4, -0.2) is 52.4 Å². The Labute approximate surface area is 151 Å². The fraction of sp³-hybridized carbons (Fsp3) is 0.412. The van der Waals surface area contributed by atoms with Gasteiger partial charge in [0.25, 0.3) is 0 Å². The van der Waals surface area contributed by atoms with Gasteiger partial charge in [-0.3, -0.25) is 9.97 Å². The highest BCUT2D eigenvalue weighted by Crippen LogP contribution is 2.47. The summed E-state index contributed by atoms with van der Waals surface area (Å²) in [5.74, 6) is 0.904. The lowest BCUT2D eigenvalue weighted by Gasteiger charge is -2.46. The first kappa shape index (κ1) is 17.0. The van der Waals surface area contributed by atoms with Crippen LogP contribution in [0, 0.1) is 0 Å². The molecule has 1 spiro atoms. The van der Waals surface area contributed by atoms with Crippen LogP contribution in [0.2, 0.25) is 0 Å². The van der Waals surface area contributed by atoms with Gasteiger partial charge in [-0.2, -0.15) is 4.31 Å². The Morgan fingerprint density at radius 3 is 2.64 bits per heavy atom. The molecule has 2 saturated heterocycles. The molecule has 4 heterocycles. The van der Waals surface area contributed by atoms with Gasteiger partial charge in [-0.15, -0.1) is 11.8 Å². The monoisotopic (exact) mass is 377 g/mol. The zero-order chi connectivity index (χ0) is 17.3. The van der Waals surface area contributed by atoms with Crippen molar-refractivity contribution in [3.63, 3.8) is 0 Å². The Morgan fingerprint density at radius 2 is 1.96 bits per heavy atom. The molecular weight excluding hydrogens is 358 g/mol. The predicted octanol–water partition coefficient (Wildman–Crippen LogP) is 1.94. The predicted molar refractivity (Wildman–Crippen MR) is 95.6 cm³/mol. The highest BCUT2D eigenvalue weighted by atomic mass is 32.2. The summed E-state index contributed by atoms with van der Waals surface area (Å²) in [5.41, 5.74) is 1.06. The van der Waals surface area contributed by atoms with Gasteiger partial charge in [0.2, 0.25) is 10.0 Å². The van der Waals surface area contributed by atoms with Crippen molar-refractivity contribution in [1.29, 1.82) is 0 Å². The fourth-order valence-corrected chi connectivity index (χ4v) is 6.53. The normalized spacial score (nSPS) is 22.8. The van der Waals surface area contributed by atoms with Crippen molar-refractivity contribution >= 4 is 21.8 Å². The second-order valence-corrected chi connectivity index (χ2v) is 9.88. The fourth-order valence-electron chi connectivity index (χ4n) is 3.24. The van der Waals surface area contributed by atoms with Crippen molar-refractivity contribution in [2.45, 2.75) is 28.8 Å². The molecule has 0 radical (unpaired) electrons. The van der Waals surface area contributed by atoms with Gasteiger partial charge in [0, 0.05) is 48.4 Å². The molecule has 4 rings (SSSR count). The standard InChI is InChI=1S/C17H19N3O3S2/c21-25(22,16-4-2-6-19-9-16)20-12-17(13-20)7-15(11-24-17)23-10-14-3-1-5-18-8-14/h1-6,8-9,15H,7,10-13H2/t15-/m1/s1. The van der Waals surface area contributed by atoms with Crippen LogP contribution in [0.3, 0.4) is 0 Å². The lowest BCUT2D eigenvalue weighted by atomic mass is 9.95. The van der Waals surface area contributed by atoms with E-state index < -0.39 is 10.0 Å². The van der Waals surface area contributed by atoms with Crippen LogP contribution in [0.1, 0.15) is 12.0 Å². The van der Waals surface area contributed by atoms with Crippen LogP contribution >= 0.6 is 11.8 Å². The average Bonchev–Trinajstić information content (AvgIpc) is 3.05. The molecule has 0 N–H and O–H groups in total. The minimum absolute atomic E-state index is 0.00508. The molecule has 0 aliphatic carbocycles. The van der Waals surface area contributed by atoms with Crippen LogP contribution in [0.5, 0.6) is 0 Å². The highest BCUT2D eigenvalue weighted by molar-refractivity contribution is 8.01. The molecule has 6 nitrogen and oxygen atoms in total. The van der Waals surface area contributed by atoms with Crippen molar-refractivity contribution in [3.05, 3.63) is 54.6 Å². The minimum atomic E-state index is -3.43. The summed E-state index contributed by atoms with van der Waals surface area (Å²) in [5, 5.41) is 0. The molecule has 0 bridgehead atoms. The van der Waals surface area contributed by atoms with E-state index in [9.17, 15) is 8.42 Å². The minimum Gasteiger partial charge on any atom is -0.373 e. The molecule has 8 heteroatoms. The van der Waals surface area contributed by atoms with Crippen molar-refractivity contribution in [2.75, 3.05) is 18.8 Å². The summed E-state index contributed by atoms with van der Waals surface area (Å²) in [6.45, 7) is 1.64. The summed E-state index contributed by atoms with van der Waals surface area (Å²) >= 11 is 1.83. The number of hydrogen-bond acceptors (Lipinski definition) is 6. The number of thioether (sulfide) groups is 1. The Morgan fingerprint density at radius 1 is 1.20 bits per heavy atom. The SMILES string of the molecule is O=S(=O)(c1cccnc1)N1CC2(C[C@@H](OCc3cccnc3)CS2)C1. The van der Waals surface area contributed by atoms with E-state index in [2.05, 4.69) is 9.97 Å². The lowest BCUT2D eigenvalue weighted by Crippen LogP contribution is -2.60. The quantitative estimate of drug-likeness (QED) is 0.793. The molecular formula is C17H19N3O3S2. The molecule has 1 atom stereocenters. The van der Waals surface area contributed by atoms with Crippen LogP contribution in [-0.2, 0) is 21.4 Å². The van der Waals surface area contributed by atoms with Crippen LogP contribution in [0.25, 0.3) is 0 Å². The smallest absolute Gasteiger partial charge is 0.244 e. The van der Waals surface area contributed by atoms with Gasteiger partial charge in [-0.25, -0.2) is 8.42 Å². The molecule has 2 aliphatic heterocycles. The van der Waals surface area contributed by atoms with Gasteiger partial charge in [0.05, 0.1) is 12.7 Å². The maximum absolute atomic E-state index is 12.6. The summed E-state index contributed by atoms with van der Waals surface area (Å²) in [6, 6.07) is 7.14. The second-order valence-electron chi connectivity index (χ2n) is 6.45. The Bertz CT molecular complexity index is 825. The lowest BCUT2D eigenvalue weighted by molar-refractivity contribution is 0.0396. The third-order valence-corrected chi connectivity index (χ3v) is 7.94. The second kappa shape index (κ2) is 6.68.